The average Bonchev–Trinajstić information content (AvgIpc) is 2.55. The van der Waals surface area contributed by atoms with Gasteiger partial charge >= 0.3 is 6.03 Å². The lowest BCUT2D eigenvalue weighted by atomic mass is 10.0. The zero-order chi connectivity index (χ0) is 15.4. The van der Waals surface area contributed by atoms with Crippen molar-refractivity contribution in [3.63, 3.8) is 0 Å². The molecule has 0 fully saturated rings. The fourth-order valence-electron chi connectivity index (χ4n) is 2.56. The van der Waals surface area contributed by atoms with Gasteiger partial charge in [-0.15, -0.1) is 0 Å². The van der Waals surface area contributed by atoms with Crippen molar-refractivity contribution in [1.29, 1.82) is 0 Å². The number of ether oxygens (including phenoxy) is 2. The molecule has 114 valence electrons. The van der Waals surface area contributed by atoms with Crippen molar-refractivity contribution in [2.24, 2.45) is 0 Å². The Morgan fingerprint density at radius 1 is 1.18 bits per heavy atom. The molecule has 0 radical (unpaired) electrons. The second-order valence-corrected chi connectivity index (χ2v) is 5.03. The minimum Gasteiger partial charge on any atom is -0.495 e. The zero-order valence-electron chi connectivity index (χ0n) is 12.3. The van der Waals surface area contributed by atoms with Gasteiger partial charge in [-0.05, 0) is 18.2 Å². The fourth-order valence-corrected chi connectivity index (χ4v) is 2.56. The Kier molecular flexibility index (Phi) is 4.14. The van der Waals surface area contributed by atoms with Crippen LogP contribution in [0.5, 0.6) is 11.5 Å². The summed E-state index contributed by atoms with van der Waals surface area (Å²) < 4.78 is 10.8. The Balaban J connectivity index is 1.70. The van der Waals surface area contributed by atoms with Crippen LogP contribution in [0.4, 0.5) is 10.5 Å². The normalized spacial score (nSPS) is 16.1. The number of carbonyl (C=O) groups is 1. The van der Waals surface area contributed by atoms with Gasteiger partial charge in [0, 0.05) is 12.0 Å². The van der Waals surface area contributed by atoms with Crippen molar-refractivity contribution in [3.8, 4) is 11.5 Å². The summed E-state index contributed by atoms with van der Waals surface area (Å²) in [5, 5.41) is 5.81. The molecule has 1 heterocycles. The van der Waals surface area contributed by atoms with E-state index in [2.05, 4.69) is 10.6 Å². The van der Waals surface area contributed by atoms with E-state index >= 15 is 0 Å². The number of para-hydroxylation sites is 3. The van der Waals surface area contributed by atoms with Gasteiger partial charge in [0.1, 0.15) is 11.5 Å². The summed E-state index contributed by atoms with van der Waals surface area (Å²) in [6.07, 6.45) is 0.746. The first-order valence-corrected chi connectivity index (χ1v) is 7.20. The highest BCUT2D eigenvalue weighted by Crippen LogP contribution is 2.31. The minimum absolute atomic E-state index is 0.0559. The number of amides is 2. The van der Waals surface area contributed by atoms with Gasteiger partial charge in [-0.25, -0.2) is 4.79 Å². The summed E-state index contributed by atoms with van der Waals surface area (Å²) in [6, 6.07) is 14.8. The fraction of sp³-hybridized carbons (Fsp3) is 0.235. The molecule has 0 spiro atoms. The molecule has 0 bridgehead atoms. The van der Waals surface area contributed by atoms with Gasteiger partial charge in [0.2, 0.25) is 0 Å². The smallest absolute Gasteiger partial charge is 0.319 e. The molecule has 0 saturated carbocycles. The number of urea groups is 1. The quantitative estimate of drug-likeness (QED) is 0.913. The van der Waals surface area contributed by atoms with E-state index in [1.165, 1.54) is 0 Å². The van der Waals surface area contributed by atoms with E-state index in [-0.39, 0.29) is 12.1 Å². The largest absolute Gasteiger partial charge is 0.495 e. The third-order valence-corrected chi connectivity index (χ3v) is 3.62. The molecular formula is C17H18N2O3. The second kappa shape index (κ2) is 6.39. The number of fused-ring (bicyclic) bond motifs is 1. The molecule has 3 rings (SSSR count). The van der Waals surface area contributed by atoms with E-state index in [1.807, 2.05) is 36.4 Å². The Labute approximate surface area is 129 Å². The number of rotatable bonds is 3. The molecule has 0 saturated heterocycles. The lowest BCUT2D eigenvalue weighted by Gasteiger charge is -2.26. The van der Waals surface area contributed by atoms with Crippen LogP contribution >= 0.6 is 0 Å². The van der Waals surface area contributed by atoms with Gasteiger partial charge < -0.3 is 20.1 Å². The molecule has 2 N–H and O–H groups in total. The summed E-state index contributed by atoms with van der Waals surface area (Å²) >= 11 is 0. The third-order valence-electron chi connectivity index (χ3n) is 3.62. The van der Waals surface area contributed by atoms with E-state index < -0.39 is 0 Å². The van der Waals surface area contributed by atoms with Gasteiger partial charge in [-0.1, -0.05) is 30.3 Å². The Morgan fingerprint density at radius 2 is 1.95 bits per heavy atom. The van der Waals surface area contributed by atoms with Gasteiger partial charge in [-0.3, -0.25) is 0 Å². The highest BCUT2D eigenvalue weighted by atomic mass is 16.5. The number of anilines is 1. The lowest BCUT2D eigenvalue weighted by molar-refractivity contribution is 0.232. The third kappa shape index (κ3) is 2.98. The van der Waals surface area contributed by atoms with Crippen molar-refractivity contribution < 1.29 is 14.3 Å². The first kappa shape index (κ1) is 14.3. The van der Waals surface area contributed by atoms with Crippen LogP contribution in [0.2, 0.25) is 0 Å². The molecule has 1 unspecified atom stereocenters. The molecular weight excluding hydrogens is 280 g/mol. The monoisotopic (exact) mass is 298 g/mol. The number of carbonyl (C=O) groups excluding carboxylic acids is 1. The molecule has 22 heavy (non-hydrogen) atoms. The van der Waals surface area contributed by atoms with Gasteiger partial charge in [-0.2, -0.15) is 0 Å². The molecule has 2 aromatic rings. The van der Waals surface area contributed by atoms with Crippen LogP contribution in [0, 0.1) is 0 Å². The van der Waals surface area contributed by atoms with E-state index in [0.29, 0.717) is 18.0 Å². The maximum Gasteiger partial charge on any atom is 0.319 e. The van der Waals surface area contributed by atoms with E-state index in [1.54, 1.807) is 19.2 Å². The molecule has 1 aliphatic rings. The first-order chi connectivity index (χ1) is 10.8. The molecule has 0 aliphatic carbocycles. The first-order valence-electron chi connectivity index (χ1n) is 7.20. The number of hydrogen-bond acceptors (Lipinski definition) is 3. The number of hydrogen-bond donors (Lipinski definition) is 2. The van der Waals surface area contributed by atoms with Gasteiger partial charge in [0.15, 0.2) is 0 Å². The summed E-state index contributed by atoms with van der Waals surface area (Å²) in [5.74, 6) is 1.46. The van der Waals surface area contributed by atoms with E-state index in [4.69, 9.17) is 9.47 Å². The average molecular weight is 298 g/mol. The van der Waals surface area contributed by atoms with Crippen LogP contribution in [0.25, 0.3) is 0 Å². The minimum atomic E-state index is -0.258. The summed E-state index contributed by atoms with van der Waals surface area (Å²) in [6.45, 7) is 0.594. The van der Waals surface area contributed by atoms with Crippen molar-refractivity contribution in [3.05, 3.63) is 54.1 Å². The number of nitrogens with one attached hydrogen (secondary N) is 2. The van der Waals surface area contributed by atoms with Crippen molar-refractivity contribution in [2.45, 2.75) is 12.5 Å². The zero-order valence-corrected chi connectivity index (χ0v) is 12.3. The predicted molar refractivity (Wildman–Crippen MR) is 84.4 cm³/mol. The van der Waals surface area contributed by atoms with E-state index in [9.17, 15) is 4.79 Å². The van der Waals surface area contributed by atoms with Crippen molar-refractivity contribution in [1.82, 2.24) is 5.32 Å². The van der Waals surface area contributed by atoms with E-state index in [0.717, 1.165) is 17.7 Å². The van der Waals surface area contributed by atoms with Crippen LogP contribution in [-0.2, 0) is 0 Å². The SMILES string of the molecule is COc1ccccc1NC(=O)NC1CCOc2ccccc21. The van der Waals surface area contributed by atoms with Crippen LogP contribution in [0.15, 0.2) is 48.5 Å². The number of methoxy groups -OCH3 is 1. The summed E-state index contributed by atoms with van der Waals surface area (Å²) in [5.41, 5.74) is 1.65. The van der Waals surface area contributed by atoms with Crippen LogP contribution in [-0.4, -0.2) is 19.7 Å². The highest BCUT2D eigenvalue weighted by Gasteiger charge is 2.22. The molecule has 1 aliphatic heterocycles. The molecule has 5 heteroatoms. The Morgan fingerprint density at radius 3 is 2.82 bits per heavy atom. The van der Waals surface area contributed by atoms with Crippen molar-refractivity contribution >= 4 is 11.7 Å². The van der Waals surface area contributed by atoms with Crippen LogP contribution in [0.3, 0.4) is 0 Å². The second-order valence-electron chi connectivity index (χ2n) is 5.03. The standard InChI is InChI=1S/C17H18N2O3/c1-21-16-9-5-3-7-14(16)19-17(20)18-13-10-11-22-15-8-4-2-6-12(13)15/h2-9,13H,10-11H2,1H3,(H2,18,19,20). The topological polar surface area (TPSA) is 59.6 Å². The molecule has 2 amide bonds. The molecule has 1 atom stereocenters. The van der Waals surface area contributed by atoms with Gasteiger partial charge in [0.05, 0.1) is 25.4 Å². The maximum absolute atomic E-state index is 12.2. The molecule has 5 nitrogen and oxygen atoms in total. The molecule has 2 aromatic carbocycles. The van der Waals surface area contributed by atoms with Crippen LogP contribution < -0.4 is 20.1 Å². The predicted octanol–water partition coefficient (Wildman–Crippen LogP) is 3.34. The van der Waals surface area contributed by atoms with Crippen LogP contribution in [0.1, 0.15) is 18.0 Å². The molecule has 0 aromatic heterocycles. The Bertz CT molecular complexity index is 672. The summed E-state index contributed by atoms with van der Waals surface area (Å²) in [4.78, 5) is 12.2. The highest BCUT2D eigenvalue weighted by molar-refractivity contribution is 5.91. The summed E-state index contributed by atoms with van der Waals surface area (Å²) in [7, 11) is 1.58. The van der Waals surface area contributed by atoms with Gasteiger partial charge in [0.25, 0.3) is 0 Å². The number of benzene rings is 2. The maximum atomic E-state index is 12.2. The lowest BCUT2D eigenvalue weighted by Crippen LogP contribution is -2.35. The van der Waals surface area contributed by atoms with Crippen molar-refractivity contribution in [2.75, 3.05) is 19.0 Å². The Hall–Kier alpha value is -2.69.